The van der Waals surface area contributed by atoms with Gasteiger partial charge in [-0.2, -0.15) is 0 Å². The molecule has 1 aliphatic rings. The van der Waals surface area contributed by atoms with Crippen molar-refractivity contribution in [2.45, 2.75) is 56.2 Å². The van der Waals surface area contributed by atoms with Crippen molar-refractivity contribution >= 4 is 11.8 Å². The zero-order chi connectivity index (χ0) is 13.0. The molecule has 1 aromatic rings. The van der Waals surface area contributed by atoms with Gasteiger partial charge in [0, 0.05) is 28.6 Å². The number of nitrogens with zero attached hydrogens (tertiary/aromatic N) is 1. The molecule has 1 heterocycles. The summed E-state index contributed by atoms with van der Waals surface area (Å²) in [6.07, 6.45) is 7.76. The molecule has 1 N–H and O–H groups in total. The lowest BCUT2D eigenvalue weighted by Crippen LogP contribution is -2.51. The van der Waals surface area contributed by atoms with Crippen LogP contribution in [0.15, 0.2) is 29.4 Å². The molecular formula is C15H24N2S. The van der Waals surface area contributed by atoms with Crippen molar-refractivity contribution in [3.05, 3.63) is 24.5 Å². The third-order valence-electron chi connectivity index (χ3n) is 3.88. The van der Waals surface area contributed by atoms with Crippen LogP contribution in [0.2, 0.25) is 0 Å². The first-order chi connectivity index (χ1) is 8.63. The minimum atomic E-state index is 0.402. The fourth-order valence-corrected chi connectivity index (χ4v) is 4.44. The van der Waals surface area contributed by atoms with E-state index < -0.39 is 0 Å². The quantitative estimate of drug-likeness (QED) is 0.897. The summed E-state index contributed by atoms with van der Waals surface area (Å²) in [5.41, 5.74) is 0.402. The fourth-order valence-electron chi connectivity index (χ4n) is 2.93. The lowest BCUT2D eigenvalue weighted by atomic mass is 9.73. The van der Waals surface area contributed by atoms with E-state index in [-0.39, 0.29) is 0 Å². The molecule has 2 unspecified atom stereocenters. The van der Waals surface area contributed by atoms with E-state index in [9.17, 15) is 0 Å². The zero-order valence-electron chi connectivity index (χ0n) is 11.6. The van der Waals surface area contributed by atoms with E-state index in [2.05, 4.69) is 43.2 Å². The van der Waals surface area contributed by atoms with Gasteiger partial charge in [-0.25, -0.2) is 0 Å². The Labute approximate surface area is 115 Å². The Morgan fingerprint density at radius 3 is 2.78 bits per heavy atom. The SMILES string of the molecule is CCNC1C(Sc2ccncc2)CCCC1(C)C. The molecule has 3 heteroatoms. The minimum Gasteiger partial charge on any atom is -0.313 e. The van der Waals surface area contributed by atoms with Crippen LogP contribution in [-0.4, -0.2) is 22.8 Å². The zero-order valence-corrected chi connectivity index (χ0v) is 12.5. The molecular weight excluding hydrogens is 240 g/mol. The standard InChI is InChI=1S/C15H24N2S/c1-4-17-14-13(6-5-9-15(14,2)3)18-12-7-10-16-11-8-12/h7-8,10-11,13-14,17H,4-6,9H2,1-3H3. The van der Waals surface area contributed by atoms with Gasteiger partial charge in [-0.1, -0.05) is 27.2 Å². The molecule has 0 spiro atoms. The highest BCUT2D eigenvalue weighted by Gasteiger charge is 2.38. The summed E-state index contributed by atoms with van der Waals surface area (Å²) >= 11 is 2.01. The maximum atomic E-state index is 4.09. The average molecular weight is 264 g/mol. The average Bonchev–Trinajstić information content (AvgIpc) is 2.35. The first-order valence-corrected chi connectivity index (χ1v) is 7.81. The molecule has 1 aliphatic carbocycles. The largest absolute Gasteiger partial charge is 0.313 e. The Morgan fingerprint density at radius 1 is 1.39 bits per heavy atom. The van der Waals surface area contributed by atoms with E-state index >= 15 is 0 Å². The molecule has 1 aromatic heterocycles. The molecule has 0 saturated heterocycles. The van der Waals surface area contributed by atoms with Crippen LogP contribution in [0.3, 0.4) is 0 Å². The van der Waals surface area contributed by atoms with Gasteiger partial charge in [0.2, 0.25) is 0 Å². The highest BCUT2D eigenvalue weighted by Crippen LogP contribution is 2.42. The van der Waals surface area contributed by atoms with Crippen LogP contribution in [0.25, 0.3) is 0 Å². The van der Waals surface area contributed by atoms with E-state index in [4.69, 9.17) is 0 Å². The van der Waals surface area contributed by atoms with E-state index in [0.717, 1.165) is 6.54 Å². The van der Waals surface area contributed by atoms with Crippen molar-refractivity contribution in [3.63, 3.8) is 0 Å². The van der Waals surface area contributed by atoms with Crippen molar-refractivity contribution in [3.8, 4) is 0 Å². The molecule has 0 aliphatic heterocycles. The Bertz CT molecular complexity index is 364. The smallest absolute Gasteiger partial charge is 0.0278 e. The van der Waals surface area contributed by atoms with Crippen molar-refractivity contribution in [2.75, 3.05) is 6.54 Å². The molecule has 0 bridgehead atoms. The van der Waals surface area contributed by atoms with Gasteiger partial charge in [-0.3, -0.25) is 4.98 Å². The summed E-state index contributed by atoms with van der Waals surface area (Å²) in [5.74, 6) is 0. The normalized spacial score (nSPS) is 27.1. The molecule has 0 aromatic carbocycles. The number of nitrogens with one attached hydrogen (secondary N) is 1. The van der Waals surface area contributed by atoms with Crippen molar-refractivity contribution in [1.82, 2.24) is 10.3 Å². The number of rotatable bonds is 4. The van der Waals surface area contributed by atoms with Crippen LogP contribution in [0.4, 0.5) is 0 Å². The maximum absolute atomic E-state index is 4.09. The van der Waals surface area contributed by atoms with Gasteiger partial charge < -0.3 is 5.32 Å². The second-order valence-corrected chi connectivity index (χ2v) is 7.07. The van der Waals surface area contributed by atoms with Crippen LogP contribution in [0, 0.1) is 5.41 Å². The predicted molar refractivity (Wildman–Crippen MR) is 79.0 cm³/mol. The predicted octanol–water partition coefficient (Wildman–Crippen LogP) is 3.73. The van der Waals surface area contributed by atoms with Gasteiger partial charge in [0.1, 0.15) is 0 Å². The Morgan fingerprint density at radius 2 is 2.11 bits per heavy atom. The summed E-state index contributed by atoms with van der Waals surface area (Å²) < 4.78 is 0. The van der Waals surface area contributed by atoms with E-state index in [1.165, 1.54) is 24.2 Å². The summed E-state index contributed by atoms with van der Waals surface area (Å²) in [5, 5.41) is 4.39. The molecule has 100 valence electrons. The van der Waals surface area contributed by atoms with Gasteiger partial charge in [0.25, 0.3) is 0 Å². The highest BCUT2D eigenvalue weighted by molar-refractivity contribution is 8.00. The summed E-state index contributed by atoms with van der Waals surface area (Å²) in [6.45, 7) is 8.07. The van der Waals surface area contributed by atoms with Gasteiger partial charge in [-0.15, -0.1) is 11.8 Å². The number of thioether (sulfide) groups is 1. The van der Waals surface area contributed by atoms with Crippen LogP contribution >= 0.6 is 11.8 Å². The summed E-state index contributed by atoms with van der Waals surface area (Å²) in [7, 11) is 0. The molecule has 2 nitrogen and oxygen atoms in total. The van der Waals surface area contributed by atoms with E-state index in [1.54, 1.807) is 0 Å². The third-order valence-corrected chi connectivity index (χ3v) is 5.24. The van der Waals surface area contributed by atoms with Gasteiger partial charge >= 0.3 is 0 Å². The molecule has 18 heavy (non-hydrogen) atoms. The van der Waals surface area contributed by atoms with Crippen molar-refractivity contribution < 1.29 is 0 Å². The molecule has 2 rings (SSSR count). The molecule has 0 radical (unpaired) electrons. The fraction of sp³-hybridized carbons (Fsp3) is 0.667. The Kier molecular flexibility index (Phi) is 4.68. The topological polar surface area (TPSA) is 24.9 Å². The highest BCUT2D eigenvalue weighted by atomic mass is 32.2. The summed E-state index contributed by atoms with van der Waals surface area (Å²) in [4.78, 5) is 5.44. The lowest BCUT2D eigenvalue weighted by Gasteiger charge is -2.44. The monoisotopic (exact) mass is 264 g/mol. The first-order valence-electron chi connectivity index (χ1n) is 6.93. The van der Waals surface area contributed by atoms with Crippen molar-refractivity contribution in [2.24, 2.45) is 5.41 Å². The second-order valence-electron chi connectivity index (χ2n) is 5.76. The second kappa shape index (κ2) is 6.07. The summed E-state index contributed by atoms with van der Waals surface area (Å²) in [6, 6.07) is 4.85. The van der Waals surface area contributed by atoms with Crippen LogP contribution < -0.4 is 5.32 Å². The number of pyridine rings is 1. The van der Waals surface area contributed by atoms with Crippen LogP contribution in [-0.2, 0) is 0 Å². The molecule has 1 saturated carbocycles. The van der Waals surface area contributed by atoms with E-state index in [1.807, 2.05) is 24.2 Å². The van der Waals surface area contributed by atoms with E-state index in [0.29, 0.717) is 16.7 Å². The first kappa shape index (κ1) is 13.9. The number of hydrogen-bond acceptors (Lipinski definition) is 3. The lowest BCUT2D eigenvalue weighted by molar-refractivity contribution is 0.176. The number of aromatic nitrogens is 1. The van der Waals surface area contributed by atoms with Crippen LogP contribution in [0.1, 0.15) is 40.0 Å². The maximum Gasteiger partial charge on any atom is 0.0278 e. The molecule has 2 atom stereocenters. The van der Waals surface area contributed by atoms with Gasteiger partial charge in [-0.05, 0) is 36.9 Å². The van der Waals surface area contributed by atoms with Gasteiger partial charge in [0.05, 0.1) is 0 Å². The van der Waals surface area contributed by atoms with Gasteiger partial charge in [0.15, 0.2) is 0 Å². The Hall–Kier alpha value is -0.540. The molecule has 1 fully saturated rings. The third kappa shape index (κ3) is 3.27. The number of hydrogen-bond donors (Lipinski definition) is 1. The Balaban J connectivity index is 2.09. The van der Waals surface area contributed by atoms with Crippen molar-refractivity contribution in [1.29, 1.82) is 0 Å². The van der Waals surface area contributed by atoms with Crippen LogP contribution in [0.5, 0.6) is 0 Å². The molecule has 0 amide bonds. The minimum absolute atomic E-state index is 0.402.